The lowest BCUT2D eigenvalue weighted by Crippen LogP contribution is -2.33. The smallest absolute Gasteiger partial charge is 0.330 e. The maximum Gasteiger partial charge on any atom is 0.330 e. The van der Waals surface area contributed by atoms with Crippen LogP contribution in [-0.2, 0) is 9.63 Å². The zero-order valence-corrected chi connectivity index (χ0v) is 6.93. The summed E-state index contributed by atoms with van der Waals surface area (Å²) in [4.78, 5) is 15.4. The van der Waals surface area contributed by atoms with Crippen LogP contribution in [0.25, 0.3) is 0 Å². The summed E-state index contributed by atoms with van der Waals surface area (Å²) in [6, 6.07) is 0. The maximum atomic E-state index is 11.1. The van der Waals surface area contributed by atoms with E-state index in [0.717, 1.165) is 25.7 Å². The highest BCUT2D eigenvalue weighted by Gasteiger charge is 2.35. The topological polar surface area (TPSA) is 52.3 Å². The van der Waals surface area contributed by atoms with Gasteiger partial charge in [-0.05, 0) is 19.8 Å². The Morgan fingerprint density at radius 3 is 2.36 bits per heavy atom. The van der Waals surface area contributed by atoms with Crippen molar-refractivity contribution >= 4 is 5.97 Å². The predicted molar refractivity (Wildman–Crippen MR) is 41.5 cm³/mol. The maximum absolute atomic E-state index is 11.1. The highest BCUT2D eigenvalue weighted by Crippen LogP contribution is 2.36. The third-order valence-electron chi connectivity index (χ3n) is 2.56. The van der Waals surface area contributed by atoms with Gasteiger partial charge in [0.05, 0.1) is 5.41 Å². The summed E-state index contributed by atoms with van der Waals surface area (Å²) in [5.74, 6) is 4.59. The van der Waals surface area contributed by atoms with Crippen molar-refractivity contribution in [3.05, 3.63) is 0 Å². The number of rotatable bonds is 1. The highest BCUT2D eigenvalue weighted by atomic mass is 16.7. The number of hydrogen-bond acceptors (Lipinski definition) is 3. The molecule has 64 valence electrons. The molecular formula is C8H15NO2. The molecule has 2 N–H and O–H groups in total. The molecule has 0 amide bonds. The van der Waals surface area contributed by atoms with Gasteiger partial charge >= 0.3 is 5.97 Å². The van der Waals surface area contributed by atoms with E-state index in [1.165, 1.54) is 6.42 Å². The number of carbonyl (C=O) groups excluding carboxylic acids is 1. The second kappa shape index (κ2) is 3.22. The lowest BCUT2D eigenvalue weighted by Gasteiger charge is -2.29. The molecule has 0 aromatic carbocycles. The zero-order valence-electron chi connectivity index (χ0n) is 6.93. The summed E-state index contributed by atoms with van der Waals surface area (Å²) in [5, 5.41) is 0. The molecule has 1 aliphatic rings. The van der Waals surface area contributed by atoms with Crippen LogP contribution in [-0.4, -0.2) is 5.97 Å². The molecule has 1 aliphatic carbocycles. The Bertz CT molecular complexity index is 150. The van der Waals surface area contributed by atoms with Crippen molar-refractivity contribution in [3.8, 4) is 0 Å². The van der Waals surface area contributed by atoms with Gasteiger partial charge in [-0.15, -0.1) is 0 Å². The minimum atomic E-state index is -0.299. The Kier molecular flexibility index (Phi) is 2.49. The fourth-order valence-electron chi connectivity index (χ4n) is 1.68. The summed E-state index contributed by atoms with van der Waals surface area (Å²) in [6.45, 7) is 1.93. The molecule has 0 spiro atoms. The first-order valence-electron chi connectivity index (χ1n) is 4.10. The van der Waals surface area contributed by atoms with Gasteiger partial charge in [0, 0.05) is 0 Å². The number of nitrogens with two attached hydrogens (primary N) is 1. The Balaban J connectivity index is 2.56. The lowest BCUT2D eigenvalue weighted by atomic mass is 9.76. The second-order valence-electron chi connectivity index (χ2n) is 3.53. The van der Waals surface area contributed by atoms with Gasteiger partial charge in [-0.25, -0.2) is 4.79 Å². The van der Waals surface area contributed by atoms with Crippen LogP contribution in [0.4, 0.5) is 0 Å². The predicted octanol–water partition coefficient (Wildman–Crippen LogP) is 1.37. The van der Waals surface area contributed by atoms with Gasteiger partial charge in [-0.3, -0.25) is 0 Å². The number of carbonyl (C=O) groups is 1. The van der Waals surface area contributed by atoms with Crippen molar-refractivity contribution in [2.75, 3.05) is 0 Å². The van der Waals surface area contributed by atoms with Gasteiger partial charge < -0.3 is 4.84 Å². The molecule has 0 aromatic rings. The molecule has 0 aromatic heterocycles. The second-order valence-corrected chi connectivity index (χ2v) is 3.53. The van der Waals surface area contributed by atoms with Crippen LogP contribution < -0.4 is 5.90 Å². The van der Waals surface area contributed by atoms with Gasteiger partial charge in [0.1, 0.15) is 0 Å². The van der Waals surface area contributed by atoms with Crippen LogP contribution in [0.1, 0.15) is 39.0 Å². The Labute approximate surface area is 66.9 Å². The fraction of sp³-hybridized carbons (Fsp3) is 0.875. The molecule has 0 atom stereocenters. The minimum absolute atomic E-state index is 0.253. The van der Waals surface area contributed by atoms with E-state index in [0.29, 0.717) is 0 Å². The van der Waals surface area contributed by atoms with E-state index in [4.69, 9.17) is 5.90 Å². The van der Waals surface area contributed by atoms with Crippen LogP contribution in [0, 0.1) is 5.41 Å². The molecule has 0 heterocycles. The molecule has 1 saturated carbocycles. The summed E-state index contributed by atoms with van der Waals surface area (Å²) in [7, 11) is 0. The average molecular weight is 157 g/mol. The molecule has 1 rings (SSSR count). The van der Waals surface area contributed by atoms with E-state index in [1.807, 2.05) is 6.92 Å². The van der Waals surface area contributed by atoms with Crippen molar-refractivity contribution in [3.63, 3.8) is 0 Å². The van der Waals surface area contributed by atoms with Crippen LogP contribution in [0.3, 0.4) is 0 Å². The normalized spacial score (nSPS) is 22.7. The first kappa shape index (κ1) is 8.53. The monoisotopic (exact) mass is 157 g/mol. The van der Waals surface area contributed by atoms with Crippen LogP contribution >= 0.6 is 0 Å². The van der Waals surface area contributed by atoms with Crippen LogP contribution in [0.2, 0.25) is 0 Å². The van der Waals surface area contributed by atoms with E-state index < -0.39 is 0 Å². The zero-order chi connectivity index (χ0) is 8.32. The van der Waals surface area contributed by atoms with Gasteiger partial charge in [-0.2, -0.15) is 5.90 Å². The van der Waals surface area contributed by atoms with Gasteiger partial charge in [0.2, 0.25) is 0 Å². The van der Waals surface area contributed by atoms with Gasteiger partial charge in [0.15, 0.2) is 0 Å². The van der Waals surface area contributed by atoms with Crippen LogP contribution in [0.5, 0.6) is 0 Å². The average Bonchev–Trinajstić information content (AvgIpc) is 2.04. The molecule has 0 aliphatic heterocycles. The first-order chi connectivity index (χ1) is 5.19. The molecule has 0 bridgehead atoms. The van der Waals surface area contributed by atoms with E-state index in [-0.39, 0.29) is 11.4 Å². The third-order valence-corrected chi connectivity index (χ3v) is 2.56. The SMILES string of the molecule is CC1(C(=O)ON)CCCCC1. The standard InChI is InChI=1S/C8H15NO2/c1-8(7(10)11-9)5-3-2-4-6-8/h2-6,9H2,1H3. The molecule has 0 saturated heterocycles. The van der Waals surface area contributed by atoms with Crippen molar-refractivity contribution in [2.45, 2.75) is 39.0 Å². The summed E-state index contributed by atoms with van der Waals surface area (Å²) in [5.41, 5.74) is -0.299. The van der Waals surface area contributed by atoms with E-state index >= 15 is 0 Å². The minimum Gasteiger partial charge on any atom is -0.373 e. The fourth-order valence-corrected chi connectivity index (χ4v) is 1.68. The van der Waals surface area contributed by atoms with E-state index in [2.05, 4.69) is 4.84 Å². The Hall–Kier alpha value is -0.570. The van der Waals surface area contributed by atoms with Crippen molar-refractivity contribution in [1.82, 2.24) is 0 Å². The largest absolute Gasteiger partial charge is 0.373 e. The first-order valence-corrected chi connectivity index (χ1v) is 4.10. The Morgan fingerprint density at radius 2 is 1.91 bits per heavy atom. The highest BCUT2D eigenvalue weighted by molar-refractivity contribution is 5.76. The quantitative estimate of drug-likeness (QED) is 0.585. The van der Waals surface area contributed by atoms with Crippen LogP contribution in [0.15, 0.2) is 0 Å². The third kappa shape index (κ3) is 1.71. The molecule has 0 radical (unpaired) electrons. The van der Waals surface area contributed by atoms with Crippen molar-refractivity contribution in [1.29, 1.82) is 0 Å². The lowest BCUT2D eigenvalue weighted by molar-refractivity contribution is -0.157. The molecule has 3 heteroatoms. The molecular weight excluding hydrogens is 142 g/mol. The molecule has 11 heavy (non-hydrogen) atoms. The summed E-state index contributed by atoms with van der Waals surface area (Å²) >= 11 is 0. The summed E-state index contributed by atoms with van der Waals surface area (Å²) in [6.07, 6.45) is 5.30. The number of hydrogen-bond donors (Lipinski definition) is 1. The van der Waals surface area contributed by atoms with Gasteiger partial charge in [-0.1, -0.05) is 19.3 Å². The molecule has 1 fully saturated rings. The van der Waals surface area contributed by atoms with E-state index in [9.17, 15) is 4.79 Å². The van der Waals surface area contributed by atoms with E-state index in [1.54, 1.807) is 0 Å². The van der Waals surface area contributed by atoms with Crippen molar-refractivity contribution in [2.24, 2.45) is 11.3 Å². The molecule has 3 nitrogen and oxygen atoms in total. The molecule has 0 unspecified atom stereocenters. The van der Waals surface area contributed by atoms with Crippen molar-refractivity contribution < 1.29 is 9.63 Å². The summed E-state index contributed by atoms with van der Waals surface area (Å²) < 4.78 is 0. The van der Waals surface area contributed by atoms with Gasteiger partial charge in [0.25, 0.3) is 0 Å². The Morgan fingerprint density at radius 1 is 1.36 bits per heavy atom.